The van der Waals surface area contributed by atoms with E-state index in [1.54, 1.807) is 30.3 Å². The zero-order valence-electron chi connectivity index (χ0n) is 15.3. The molecule has 2 amide bonds. The number of amides is 2. The van der Waals surface area contributed by atoms with Crippen molar-refractivity contribution in [2.24, 2.45) is 23.7 Å². The van der Waals surface area contributed by atoms with Gasteiger partial charge in [-0.1, -0.05) is 35.3 Å². The number of hydrogen-bond donors (Lipinski definition) is 0. The van der Waals surface area contributed by atoms with Crippen LogP contribution in [0.3, 0.4) is 0 Å². The van der Waals surface area contributed by atoms with Gasteiger partial charge in [0.15, 0.2) is 5.75 Å². The smallest absolute Gasteiger partial charge is 0.345 e. The molecule has 5 rings (SSSR count). The second kappa shape index (κ2) is 6.85. The molecule has 0 radical (unpaired) electrons. The van der Waals surface area contributed by atoms with Crippen LogP contribution in [0.4, 0.5) is 5.69 Å². The van der Waals surface area contributed by atoms with Crippen LogP contribution >= 0.6 is 23.2 Å². The highest BCUT2D eigenvalue weighted by molar-refractivity contribution is 6.36. The normalized spacial score (nSPS) is 27.4. The van der Waals surface area contributed by atoms with Crippen molar-refractivity contribution in [2.75, 3.05) is 4.90 Å². The highest BCUT2D eigenvalue weighted by Crippen LogP contribution is 2.57. The number of anilines is 1. The summed E-state index contributed by atoms with van der Waals surface area (Å²) < 4.78 is 5.54. The Morgan fingerprint density at radius 2 is 1.62 bits per heavy atom. The Kier molecular flexibility index (Phi) is 4.41. The Hall–Kier alpha value is -2.37. The summed E-state index contributed by atoms with van der Waals surface area (Å²) in [6.07, 6.45) is 2.97. The minimum atomic E-state index is -0.682. The van der Waals surface area contributed by atoms with Crippen molar-refractivity contribution >= 4 is 46.7 Å². The number of esters is 1. The minimum absolute atomic E-state index is 0.150. The number of ether oxygens (including phenoxy) is 1. The summed E-state index contributed by atoms with van der Waals surface area (Å²) in [7, 11) is 0. The molecule has 0 N–H and O–H groups in total. The fourth-order valence-corrected chi connectivity index (χ4v) is 5.67. The molecule has 0 aromatic heterocycles. The Bertz CT molecular complexity index is 1020. The van der Waals surface area contributed by atoms with Gasteiger partial charge in [-0.15, -0.1) is 0 Å². The number of rotatable bonds is 3. The van der Waals surface area contributed by atoms with E-state index in [4.69, 9.17) is 27.9 Å². The van der Waals surface area contributed by atoms with Crippen molar-refractivity contribution in [2.45, 2.75) is 19.3 Å². The minimum Gasteiger partial charge on any atom is -0.421 e. The van der Waals surface area contributed by atoms with Crippen LogP contribution in [0, 0.1) is 23.7 Å². The molecule has 3 aliphatic rings. The molecule has 5 nitrogen and oxygen atoms in total. The Morgan fingerprint density at radius 1 is 0.966 bits per heavy atom. The zero-order chi connectivity index (χ0) is 20.3. The second-order valence-electron chi connectivity index (χ2n) is 7.88. The number of para-hydroxylation sites is 2. The van der Waals surface area contributed by atoms with E-state index in [1.165, 1.54) is 17.0 Å². The zero-order valence-corrected chi connectivity index (χ0v) is 16.8. The molecule has 1 aliphatic heterocycles. The van der Waals surface area contributed by atoms with Crippen LogP contribution < -0.4 is 9.64 Å². The third kappa shape index (κ3) is 2.87. The van der Waals surface area contributed by atoms with Gasteiger partial charge in [-0.3, -0.25) is 9.59 Å². The van der Waals surface area contributed by atoms with Gasteiger partial charge in [0.05, 0.1) is 28.1 Å². The predicted octanol–water partition coefficient (Wildman–Crippen LogP) is 4.75. The van der Waals surface area contributed by atoms with Crippen molar-refractivity contribution in [1.29, 1.82) is 0 Å². The van der Waals surface area contributed by atoms with Gasteiger partial charge >= 0.3 is 5.97 Å². The first kappa shape index (κ1) is 18.6. The van der Waals surface area contributed by atoms with Gasteiger partial charge in [-0.05, 0) is 61.4 Å². The average Bonchev–Trinajstić information content (AvgIpc) is 3.36. The lowest BCUT2D eigenvalue weighted by molar-refractivity contribution is -0.123. The molecule has 2 bridgehead atoms. The first-order chi connectivity index (χ1) is 14.0. The largest absolute Gasteiger partial charge is 0.421 e. The number of imide groups is 1. The fourth-order valence-electron chi connectivity index (χ4n) is 5.18. The first-order valence-electron chi connectivity index (χ1n) is 9.60. The van der Waals surface area contributed by atoms with Crippen LogP contribution in [0.25, 0.3) is 0 Å². The van der Waals surface area contributed by atoms with Crippen LogP contribution in [-0.2, 0) is 9.59 Å². The summed E-state index contributed by atoms with van der Waals surface area (Å²) in [4.78, 5) is 40.1. The van der Waals surface area contributed by atoms with Gasteiger partial charge in [0.1, 0.15) is 0 Å². The molecule has 2 aliphatic carbocycles. The Morgan fingerprint density at radius 3 is 2.28 bits per heavy atom. The standard InChI is InChI=1S/C22H17Cl2NO4/c23-13-7-8-14(15(24)10-13)22(28)29-17-4-2-1-3-16(17)25-20(26)18-11-5-6-12(9-11)19(18)21(25)27/h1-4,7-8,10-12,18-19H,5-6,9H2/t11-,12-,18-,19+/m0/s1. The van der Waals surface area contributed by atoms with Crippen LogP contribution in [0.2, 0.25) is 10.0 Å². The van der Waals surface area contributed by atoms with Crippen molar-refractivity contribution in [3.05, 3.63) is 58.1 Å². The van der Waals surface area contributed by atoms with Gasteiger partial charge < -0.3 is 4.74 Å². The first-order valence-corrected chi connectivity index (χ1v) is 10.4. The quantitative estimate of drug-likeness (QED) is 0.401. The van der Waals surface area contributed by atoms with Crippen molar-refractivity contribution in [3.63, 3.8) is 0 Å². The summed E-state index contributed by atoms with van der Waals surface area (Å²) in [5.74, 6) is -0.800. The molecule has 0 spiro atoms. The van der Waals surface area contributed by atoms with Crippen molar-refractivity contribution < 1.29 is 19.1 Å². The van der Waals surface area contributed by atoms with E-state index in [0.29, 0.717) is 10.7 Å². The maximum Gasteiger partial charge on any atom is 0.345 e. The number of halogens is 2. The van der Waals surface area contributed by atoms with E-state index >= 15 is 0 Å². The van der Waals surface area contributed by atoms with Gasteiger partial charge in [0, 0.05) is 5.02 Å². The van der Waals surface area contributed by atoms with Crippen molar-refractivity contribution in [1.82, 2.24) is 0 Å². The van der Waals surface area contributed by atoms with E-state index in [0.717, 1.165) is 19.3 Å². The van der Waals surface area contributed by atoms with Crippen LogP contribution in [-0.4, -0.2) is 17.8 Å². The molecule has 148 valence electrons. The Labute approximate surface area is 177 Å². The number of carbonyl (C=O) groups is 3. The lowest BCUT2D eigenvalue weighted by Crippen LogP contribution is -2.33. The highest BCUT2D eigenvalue weighted by atomic mass is 35.5. The SMILES string of the molecule is O=C(Oc1ccccc1N1C(=O)[C@@H]2[C@H]3CC[C@@H](C3)[C@@H]2C1=O)c1ccc(Cl)cc1Cl. The summed E-state index contributed by atoms with van der Waals surface area (Å²) in [5.41, 5.74) is 0.453. The summed E-state index contributed by atoms with van der Waals surface area (Å²) in [6.45, 7) is 0. The van der Waals surface area contributed by atoms with Crippen LogP contribution in [0.15, 0.2) is 42.5 Å². The van der Waals surface area contributed by atoms with E-state index in [9.17, 15) is 14.4 Å². The van der Waals surface area contributed by atoms with Crippen LogP contribution in [0.1, 0.15) is 29.6 Å². The molecule has 2 aromatic rings. The molecule has 7 heteroatoms. The average molecular weight is 430 g/mol. The number of carbonyl (C=O) groups excluding carboxylic acids is 3. The Balaban J connectivity index is 1.47. The molecule has 2 aromatic carbocycles. The fraction of sp³-hybridized carbons (Fsp3) is 0.318. The molecule has 1 heterocycles. The number of hydrogen-bond acceptors (Lipinski definition) is 4. The molecule has 4 atom stereocenters. The number of fused-ring (bicyclic) bond motifs is 5. The topological polar surface area (TPSA) is 63.7 Å². The molecular formula is C22H17Cl2NO4. The summed E-state index contributed by atoms with van der Waals surface area (Å²) in [5, 5.41) is 0.570. The maximum atomic E-state index is 13.1. The lowest BCUT2D eigenvalue weighted by Gasteiger charge is -2.20. The monoisotopic (exact) mass is 429 g/mol. The van der Waals surface area contributed by atoms with E-state index in [1.807, 2.05) is 0 Å². The van der Waals surface area contributed by atoms with Gasteiger partial charge in [0.25, 0.3) is 0 Å². The summed E-state index contributed by atoms with van der Waals surface area (Å²) in [6, 6.07) is 11.1. The molecule has 1 saturated heterocycles. The summed E-state index contributed by atoms with van der Waals surface area (Å²) >= 11 is 12.0. The van der Waals surface area contributed by atoms with Crippen molar-refractivity contribution in [3.8, 4) is 5.75 Å². The maximum absolute atomic E-state index is 13.1. The molecule has 2 saturated carbocycles. The van der Waals surface area contributed by atoms with E-state index in [-0.39, 0.29) is 51.8 Å². The van der Waals surface area contributed by atoms with Gasteiger partial charge in [-0.2, -0.15) is 0 Å². The van der Waals surface area contributed by atoms with E-state index in [2.05, 4.69) is 0 Å². The number of benzene rings is 2. The molecular weight excluding hydrogens is 413 g/mol. The highest BCUT2D eigenvalue weighted by Gasteiger charge is 2.61. The molecule has 29 heavy (non-hydrogen) atoms. The third-order valence-electron chi connectivity index (χ3n) is 6.39. The number of nitrogens with zero attached hydrogens (tertiary/aromatic N) is 1. The predicted molar refractivity (Wildman–Crippen MR) is 108 cm³/mol. The lowest BCUT2D eigenvalue weighted by atomic mass is 9.81. The molecule has 3 fully saturated rings. The second-order valence-corrected chi connectivity index (χ2v) is 8.72. The van der Waals surface area contributed by atoms with E-state index < -0.39 is 5.97 Å². The third-order valence-corrected chi connectivity index (χ3v) is 6.94. The van der Waals surface area contributed by atoms with Crippen LogP contribution in [0.5, 0.6) is 5.75 Å². The molecule has 0 unspecified atom stereocenters. The van der Waals surface area contributed by atoms with Gasteiger partial charge in [-0.25, -0.2) is 9.69 Å². The van der Waals surface area contributed by atoms with Gasteiger partial charge in [0.2, 0.25) is 11.8 Å².